The molecule has 5 heteroatoms. The van der Waals surface area contributed by atoms with E-state index in [1.165, 1.54) is 58.6 Å². The van der Waals surface area contributed by atoms with Crippen LogP contribution in [0.4, 0.5) is 0 Å². The summed E-state index contributed by atoms with van der Waals surface area (Å²) in [4.78, 5) is 12.2. The third-order valence-corrected chi connectivity index (χ3v) is 12.6. The summed E-state index contributed by atoms with van der Waals surface area (Å²) in [6, 6.07) is 58.8. The van der Waals surface area contributed by atoms with Gasteiger partial charge in [-0.3, -0.25) is 4.57 Å². The Morgan fingerprint density at radius 2 is 1.09 bits per heavy atom. The lowest BCUT2D eigenvalue weighted by molar-refractivity contribution is 0.669. The molecule has 13 aromatic rings. The minimum atomic E-state index is 0.809. The van der Waals surface area contributed by atoms with Gasteiger partial charge in [0.15, 0.2) is 5.82 Å². The van der Waals surface area contributed by atoms with E-state index in [4.69, 9.17) is 14.4 Å². The third kappa shape index (κ3) is 3.94. The number of fused-ring (bicyclic) bond motifs is 18. The molecule has 4 heterocycles. The summed E-state index contributed by atoms with van der Waals surface area (Å²) in [6.07, 6.45) is 0. The zero-order chi connectivity index (χ0) is 35.8. The molecule has 0 aliphatic rings. The maximum atomic E-state index is 6.29. The van der Waals surface area contributed by atoms with Crippen molar-refractivity contribution in [2.75, 3.05) is 0 Å². The van der Waals surface area contributed by atoms with Crippen LogP contribution in [0.25, 0.3) is 124 Å². The number of benzene rings is 9. The molecule has 0 aliphatic carbocycles. The van der Waals surface area contributed by atoms with Gasteiger partial charge < -0.3 is 4.42 Å². The van der Waals surface area contributed by atoms with E-state index >= 15 is 0 Å². The lowest BCUT2D eigenvalue weighted by Gasteiger charge is -2.15. The lowest BCUT2D eigenvalue weighted by atomic mass is 9.91. The summed E-state index contributed by atoms with van der Waals surface area (Å²) in [5.41, 5.74) is 6.71. The fourth-order valence-electron chi connectivity index (χ4n) is 9.22. The summed E-state index contributed by atoms with van der Waals surface area (Å²) in [5, 5.41) is 15.6. The fourth-order valence-corrected chi connectivity index (χ4v) is 10.2. The van der Waals surface area contributed by atoms with Gasteiger partial charge in [-0.15, -0.1) is 11.3 Å². The first-order valence-corrected chi connectivity index (χ1v) is 19.4. The average molecular weight is 718 g/mol. The van der Waals surface area contributed by atoms with Crippen molar-refractivity contribution in [3.63, 3.8) is 0 Å². The van der Waals surface area contributed by atoms with Crippen molar-refractivity contribution in [2.45, 2.75) is 0 Å². The Hall–Kier alpha value is -7.08. The summed E-state index contributed by atoms with van der Waals surface area (Å²) < 4.78 is 9.87. The van der Waals surface area contributed by atoms with Crippen LogP contribution in [0.2, 0.25) is 0 Å². The highest BCUT2D eigenvalue weighted by atomic mass is 32.1. The van der Waals surface area contributed by atoms with Gasteiger partial charge >= 0.3 is 0 Å². The predicted octanol–water partition coefficient (Wildman–Crippen LogP) is 14.1. The molecule has 0 bridgehead atoms. The Labute approximate surface area is 317 Å². The van der Waals surface area contributed by atoms with E-state index in [0.29, 0.717) is 0 Å². The Bertz CT molecular complexity index is 3760. The Morgan fingerprint density at radius 1 is 0.455 bits per heavy atom. The smallest absolute Gasteiger partial charge is 0.165 e. The van der Waals surface area contributed by atoms with E-state index in [-0.39, 0.29) is 0 Å². The molecule has 0 amide bonds. The van der Waals surface area contributed by atoms with E-state index in [0.717, 1.165) is 65.8 Å². The normalized spacial score (nSPS) is 12.4. The number of aromatic nitrogens is 3. The molecule has 0 N–H and O–H groups in total. The van der Waals surface area contributed by atoms with Crippen LogP contribution in [0.3, 0.4) is 0 Å². The number of nitrogens with zero attached hydrogens (tertiary/aromatic N) is 3. The van der Waals surface area contributed by atoms with Crippen LogP contribution < -0.4 is 0 Å². The molecule has 0 radical (unpaired) electrons. The molecule has 4 nitrogen and oxygen atoms in total. The largest absolute Gasteiger partial charge is 0.456 e. The molecule has 0 atom stereocenters. The SMILES string of the molecule is c1ccc2c(c1)ccc1c3c4c5ccccc5c5ccccc5c4ccc3n(-c3nc4c(nc3-c3ccc5oc6ccccc6c5c3)sc3ccccc34)c21. The molecule has 9 aromatic carbocycles. The molecule has 0 spiro atoms. The van der Waals surface area contributed by atoms with Crippen molar-refractivity contribution in [1.29, 1.82) is 0 Å². The Balaban J connectivity index is 1.26. The van der Waals surface area contributed by atoms with E-state index in [9.17, 15) is 0 Å². The van der Waals surface area contributed by atoms with Gasteiger partial charge in [-0.1, -0.05) is 127 Å². The van der Waals surface area contributed by atoms with E-state index < -0.39 is 0 Å². The van der Waals surface area contributed by atoms with Crippen molar-refractivity contribution in [2.24, 2.45) is 0 Å². The molecule has 254 valence electrons. The zero-order valence-corrected chi connectivity index (χ0v) is 30.1. The standard InChI is InChI=1S/C50H27N3OS/c1-2-12-30-28(11-1)21-23-38-45-40(25-24-36-33-15-4-3-13-31(33)32-14-5-6-17-35(32)44(36)45)53(48(30)38)49-46(52-50-47(51-49)37-18-8-10-20-43(37)55-50)29-22-26-42-39(27-29)34-16-7-9-19-41(34)54-42/h1-27H. The quantitative estimate of drug-likeness (QED) is 0.167. The average Bonchev–Trinajstić information content (AvgIpc) is 3.92. The van der Waals surface area contributed by atoms with Crippen LogP contribution in [0.15, 0.2) is 168 Å². The summed E-state index contributed by atoms with van der Waals surface area (Å²) in [7, 11) is 0. The van der Waals surface area contributed by atoms with Crippen LogP contribution >= 0.6 is 11.3 Å². The number of hydrogen-bond acceptors (Lipinski definition) is 4. The fraction of sp³-hybridized carbons (Fsp3) is 0. The first-order valence-electron chi connectivity index (χ1n) is 18.6. The Morgan fingerprint density at radius 3 is 1.93 bits per heavy atom. The molecule has 0 saturated carbocycles. The van der Waals surface area contributed by atoms with Gasteiger partial charge in [0.25, 0.3) is 0 Å². The molecule has 0 saturated heterocycles. The van der Waals surface area contributed by atoms with Crippen LogP contribution in [-0.4, -0.2) is 14.5 Å². The maximum absolute atomic E-state index is 6.29. The summed E-state index contributed by atoms with van der Waals surface area (Å²) in [5.74, 6) is 0.809. The third-order valence-electron chi connectivity index (χ3n) is 11.6. The Kier molecular flexibility index (Phi) is 5.74. The van der Waals surface area contributed by atoms with Gasteiger partial charge in [0.2, 0.25) is 0 Å². The molecular weight excluding hydrogens is 691 g/mol. The van der Waals surface area contributed by atoms with Crippen LogP contribution in [-0.2, 0) is 0 Å². The molecule has 4 aromatic heterocycles. The number of rotatable bonds is 2. The second kappa shape index (κ2) is 10.8. The molecule has 0 fully saturated rings. The minimum Gasteiger partial charge on any atom is -0.456 e. The van der Waals surface area contributed by atoms with Crippen molar-refractivity contribution in [3.8, 4) is 17.1 Å². The van der Waals surface area contributed by atoms with Crippen molar-refractivity contribution in [1.82, 2.24) is 14.5 Å². The lowest BCUT2D eigenvalue weighted by Crippen LogP contribution is -2.03. The second-order valence-corrected chi connectivity index (χ2v) is 15.5. The van der Waals surface area contributed by atoms with Gasteiger partial charge in [0.05, 0.1) is 11.0 Å². The molecule has 55 heavy (non-hydrogen) atoms. The number of hydrogen-bond donors (Lipinski definition) is 0. The van der Waals surface area contributed by atoms with E-state index in [2.05, 4.69) is 156 Å². The van der Waals surface area contributed by atoms with Gasteiger partial charge in [-0.25, -0.2) is 9.97 Å². The van der Waals surface area contributed by atoms with Crippen molar-refractivity contribution < 1.29 is 4.42 Å². The molecule has 13 rings (SSSR count). The van der Waals surface area contributed by atoms with Crippen molar-refractivity contribution in [3.05, 3.63) is 164 Å². The van der Waals surface area contributed by atoms with Gasteiger partial charge in [-0.2, -0.15) is 0 Å². The van der Waals surface area contributed by atoms with Crippen LogP contribution in [0, 0.1) is 0 Å². The predicted molar refractivity (Wildman–Crippen MR) is 232 cm³/mol. The first kappa shape index (κ1) is 29.4. The van der Waals surface area contributed by atoms with Gasteiger partial charge in [-0.05, 0) is 68.7 Å². The topological polar surface area (TPSA) is 43.9 Å². The monoisotopic (exact) mass is 717 g/mol. The van der Waals surface area contributed by atoms with Crippen LogP contribution in [0.5, 0.6) is 0 Å². The van der Waals surface area contributed by atoms with E-state index in [1.807, 2.05) is 12.1 Å². The maximum Gasteiger partial charge on any atom is 0.165 e. The summed E-state index contributed by atoms with van der Waals surface area (Å²) >= 11 is 1.70. The summed E-state index contributed by atoms with van der Waals surface area (Å²) in [6.45, 7) is 0. The zero-order valence-electron chi connectivity index (χ0n) is 29.2. The van der Waals surface area contributed by atoms with Crippen LogP contribution in [0.1, 0.15) is 0 Å². The number of thiophene rings is 1. The highest BCUT2D eigenvalue weighted by Gasteiger charge is 2.25. The van der Waals surface area contributed by atoms with Crippen molar-refractivity contribution >= 4 is 119 Å². The second-order valence-electron chi connectivity index (χ2n) is 14.4. The number of furan rings is 1. The van der Waals surface area contributed by atoms with Gasteiger partial charge in [0.1, 0.15) is 27.2 Å². The van der Waals surface area contributed by atoms with Gasteiger partial charge in [0, 0.05) is 48.0 Å². The van der Waals surface area contributed by atoms with E-state index in [1.54, 1.807) is 11.3 Å². The highest BCUT2D eigenvalue weighted by molar-refractivity contribution is 7.25. The minimum absolute atomic E-state index is 0.809. The highest BCUT2D eigenvalue weighted by Crippen LogP contribution is 2.46. The molecule has 0 aliphatic heterocycles. The first-order chi connectivity index (χ1) is 27.3. The molecular formula is C50H27N3OS. The molecule has 0 unspecified atom stereocenters. The number of para-hydroxylation sites is 1.